The molecule has 0 aliphatic heterocycles. The van der Waals surface area contributed by atoms with E-state index < -0.39 is 5.97 Å². The number of likely N-dealkylation sites (N-methyl/N-ethyl adjacent to an activating group) is 1. The molecule has 0 saturated carbocycles. The molecule has 2 rings (SSSR count). The number of furan rings is 1. The Balaban J connectivity index is 1.78. The number of esters is 1. The van der Waals surface area contributed by atoms with Gasteiger partial charge in [-0.3, -0.25) is 4.90 Å². The number of aryl methyl sites for hydroxylation is 1. The van der Waals surface area contributed by atoms with Gasteiger partial charge in [-0.2, -0.15) is 0 Å². The minimum Gasteiger partial charge on any atom is -0.492 e. The number of benzene rings is 1. The van der Waals surface area contributed by atoms with Gasteiger partial charge in [0, 0.05) is 6.54 Å². The Bertz CT molecular complexity index is 621. The predicted octanol–water partition coefficient (Wildman–Crippen LogP) is 2.89. The molecule has 0 saturated heterocycles. The first-order chi connectivity index (χ1) is 10.6. The van der Waals surface area contributed by atoms with Crippen molar-refractivity contribution in [2.45, 2.75) is 13.5 Å². The van der Waals surface area contributed by atoms with Crippen molar-refractivity contribution in [3.63, 3.8) is 0 Å². The lowest BCUT2D eigenvalue weighted by Crippen LogP contribution is -2.23. The Morgan fingerprint density at radius 1 is 1.23 bits per heavy atom. The number of carbonyl (C=O) groups excluding carboxylic acids is 1. The third-order valence-electron chi connectivity index (χ3n) is 3.30. The van der Waals surface area contributed by atoms with Crippen molar-refractivity contribution in [2.75, 3.05) is 27.3 Å². The first-order valence-corrected chi connectivity index (χ1v) is 7.14. The van der Waals surface area contributed by atoms with Gasteiger partial charge in [-0.05, 0) is 37.7 Å². The average Bonchev–Trinajstić information content (AvgIpc) is 2.97. The van der Waals surface area contributed by atoms with Crippen LogP contribution in [0.15, 0.2) is 40.8 Å². The van der Waals surface area contributed by atoms with Gasteiger partial charge in [0.2, 0.25) is 5.76 Å². The van der Waals surface area contributed by atoms with Gasteiger partial charge >= 0.3 is 5.97 Å². The van der Waals surface area contributed by atoms with Crippen molar-refractivity contribution in [1.29, 1.82) is 0 Å². The number of nitrogens with zero attached hydrogens (tertiary/aromatic N) is 1. The molecule has 0 atom stereocenters. The van der Waals surface area contributed by atoms with Crippen molar-refractivity contribution in [3.05, 3.63) is 53.5 Å². The molecule has 0 amide bonds. The quantitative estimate of drug-likeness (QED) is 0.736. The predicted molar refractivity (Wildman–Crippen MR) is 83.1 cm³/mol. The molecule has 0 radical (unpaired) electrons. The van der Waals surface area contributed by atoms with Gasteiger partial charge in [0.1, 0.15) is 18.1 Å². The highest BCUT2D eigenvalue weighted by atomic mass is 16.5. The fraction of sp³-hybridized carbons (Fsp3) is 0.353. The van der Waals surface area contributed by atoms with Crippen LogP contribution in [0.2, 0.25) is 0 Å². The van der Waals surface area contributed by atoms with E-state index >= 15 is 0 Å². The van der Waals surface area contributed by atoms with E-state index in [1.165, 1.54) is 7.11 Å². The Kier molecular flexibility index (Phi) is 5.61. The molecule has 22 heavy (non-hydrogen) atoms. The third-order valence-corrected chi connectivity index (χ3v) is 3.30. The second-order valence-corrected chi connectivity index (χ2v) is 5.11. The van der Waals surface area contributed by atoms with E-state index in [-0.39, 0.29) is 5.76 Å². The molecule has 0 bridgehead atoms. The number of hydrogen-bond acceptors (Lipinski definition) is 5. The zero-order valence-electron chi connectivity index (χ0n) is 13.2. The Morgan fingerprint density at radius 2 is 2.00 bits per heavy atom. The normalized spacial score (nSPS) is 10.7. The Hall–Kier alpha value is -2.27. The minimum atomic E-state index is -0.461. The molecule has 1 aromatic heterocycles. The van der Waals surface area contributed by atoms with Gasteiger partial charge in [0.25, 0.3) is 0 Å². The lowest BCUT2D eigenvalue weighted by atomic mass is 10.2. The first kappa shape index (κ1) is 16.1. The number of ether oxygens (including phenoxy) is 2. The Labute approximate surface area is 130 Å². The molecule has 0 unspecified atom stereocenters. The van der Waals surface area contributed by atoms with E-state index in [0.717, 1.165) is 23.6 Å². The Morgan fingerprint density at radius 3 is 2.73 bits per heavy atom. The highest BCUT2D eigenvalue weighted by Gasteiger charge is 2.12. The molecule has 0 aliphatic rings. The fourth-order valence-electron chi connectivity index (χ4n) is 2.05. The topological polar surface area (TPSA) is 51.9 Å². The summed E-state index contributed by atoms with van der Waals surface area (Å²) in [5.74, 6) is 1.39. The molecule has 118 valence electrons. The van der Waals surface area contributed by atoms with Crippen molar-refractivity contribution in [2.24, 2.45) is 0 Å². The van der Waals surface area contributed by atoms with Crippen LogP contribution in [0.25, 0.3) is 0 Å². The van der Waals surface area contributed by atoms with E-state index in [0.29, 0.717) is 13.2 Å². The molecule has 5 nitrogen and oxygen atoms in total. The molecule has 2 aromatic rings. The second kappa shape index (κ2) is 7.66. The van der Waals surface area contributed by atoms with Gasteiger partial charge < -0.3 is 13.9 Å². The molecule has 0 aliphatic carbocycles. The maximum absolute atomic E-state index is 11.3. The molecular weight excluding hydrogens is 282 g/mol. The molecule has 5 heteroatoms. The van der Waals surface area contributed by atoms with E-state index in [4.69, 9.17) is 9.15 Å². The summed E-state index contributed by atoms with van der Waals surface area (Å²) < 4.78 is 15.8. The van der Waals surface area contributed by atoms with Crippen LogP contribution in [0.1, 0.15) is 21.9 Å². The van der Waals surface area contributed by atoms with Crippen LogP contribution in [-0.4, -0.2) is 38.2 Å². The minimum absolute atomic E-state index is 0.224. The summed E-state index contributed by atoms with van der Waals surface area (Å²) >= 11 is 0. The average molecular weight is 303 g/mol. The molecule has 1 heterocycles. The second-order valence-electron chi connectivity index (χ2n) is 5.11. The van der Waals surface area contributed by atoms with Gasteiger partial charge in [-0.15, -0.1) is 0 Å². The zero-order valence-corrected chi connectivity index (χ0v) is 13.2. The van der Waals surface area contributed by atoms with Crippen LogP contribution in [-0.2, 0) is 11.3 Å². The van der Waals surface area contributed by atoms with Crippen LogP contribution in [0.4, 0.5) is 0 Å². The number of para-hydroxylation sites is 1. The smallest absolute Gasteiger partial charge is 0.373 e. The summed E-state index contributed by atoms with van der Waals surface area (Å²) in [7, 11) is 3.31. The highest BCUT2D eigenvalue weighted by molar-refractivity contribution is 5.86. The number of methoxy groups -OCH3 is 1. The van der Waals surface area contributed by atoms with E-state index in [1.54, 1.807) is 12.1 Å². The standard InChI is InChI=1S/C17H21NO4/c1-13-6-4-5-7-15(13)21-11-10-18(2)12-14-8-9-16(22-14)17(19)20-3/h4-9H,10-12H2,1-3H3. The van der Waals surface area contributed by atoms with Gasteiger partial charge in [-0.1, -0.05) is 18.2 Å². The van der Waals surface area contributed by atoms with Gasteiger partial charge in [0.05, 0.1) is 13.7 Å². The first-order valence-electron chi connectivity index (χ1n) is 7.14. The molecule has 0 fully saturated rings. The van der Waals surface area contributed by atoms with Crippen molar-refractivity contribution in [3.8, 4) is 5.75 Å². The molecular formula is C17H21NO4. The largest absolute Gasteiger partial charge is 0.492 e. The number of carbonyl (C=O) groups is 1. The molecule has 0 N–H and O–H groups in total. The van der Waals surface area contributed by atoms with Crippen molar-refractivity contribution < 1.29 is 18.7 Å². The SMILES string of the molecule is COC(=O)c1ccc(CN(C)CCOc2ccccc2C)o1. The van der Waals surface area contributed by atoms with Crippen LogP contribution < -0.4 is 4.74 Å². The van der Waals surface area contributed by atoms with Gasteiger partial charge in [-0.25, -0.2) is 4.79 Å². The van der Waals surface area contributed by atoms with Crippen LogP contribution in [0.5, 0.6) is 5.75 Å². The summed E-state index contributed by atoms with van der Waals surface area (Å²) in [6.07, 6.45) is 0. The van der Waals surface area contributed by atoms with Crippen LogP contribution in [0.3, 0.4) is 0 Å². The van der Waals surface area contributed by atoms with Gasteiger partial charge in [0.15, 0.2) is 0 Å². The summed E-state index contributed by atoms with van der Waals surface area (Å²) in [6, 6.07) is 11.3. The summed E-state index contributed by atoms with van der Waals surface area (Å²) in [5, 5.41) is 0. The van der Waals surface area contributed by atoms with E-state index in [1.807, 2.05) is 38.2 Å². The lowest BCUT2D eigenvalue weighted by Gasteiger charge is -2.16. The zero-order chi connectivity index (χ0) is 15.9. The third kappa shape index (κ3) is 4.36. The summed E-state index contributed by atoms with van der Waals surface area (Å²) in [5.41, 5.74) is 1.12. The molecule has 0 spiro atoms. The highest BCUT2D eigenvalue weighted by Crippen LogP contribution is 2.16. The van der Waals surface area contributed by atoms with Crippen molar-refractivity contribution in [1.82, 2.24) is 4.90 Å². The maximum Gasteiger partial charge on any atom is 0.373 e. The summed E-state index contributed by atoms with van der Waals surface area (Å²) in [6.45, 7) is 3.97. The number of rotatable bonds is 7. The fourth-order valence-corrected chi connectivity index (χ4v) is 2.05. The lowest BCUT2D eigenvalue weighted by molar-refractivity contribution is 0.0561. The van der Waals surface area contributed by atoms with Crippen molar-refractivity contribution >= 4 is 5.97 Å². The molecule has 1 aromatic carbocycles. The van der Waals surface area contributed by atoms with Crippen LogP contribution in [0, 0.1) is 6.92 Å². The van der Waals surface area contributed by atoms with E-state index in [2.05, 4.69) is 9.64 Å². The summed E-state index contributed by atoms with van der Waals surface area (Å²) in [4.78, 5) is 13.4. The monoisotopic (exact) mass is 303 g/mol. The van der Waals surface area contributed by atoms with Crippen LogP contribution >= 0.6 is 0 Å². The van der Waals surface area contributed by atoms with E-state index in [9.17, 15) is 4.79 Å². The number of hydrogen-bond donors (Lipinski definition) is 0. The maximum atomic E-state index is 11.3.